The zero-order chi connectivity index (χ0) is 18.4. The Balaban J connectivity index is 3.16. The molecule has 0 unspecified atom stereocenters. The molecule has 0 saturated carbocycles. The van der Waals surface area contributed by atoms with Crippen molar-refractivity contribution in [3.05, 3.63) is 16.0 Å². The molecule has 0 aliphatic rings. The molecule has 0 fully saturated rings. The van der Waals surface area contributed by atoms with Crippen LogP contribution in [-0.2, 0) is 14.3 Å². The van der Waals surface area contributed by atoms with Crippen molar-refractivity contribution in [2.45, 2.75) is 27.7 Å². The molecular formula is C15H20N2O5S2. The predicted molar refractivity (Wildman–Crippen MR) is 95.6 cm³/mol. The van der Waals surface area contributed by atoms with E-state index in [0.717, 1.165) is 11.3 Å². The highest BCUT2D eigenvalue weighted by atomic mass is 32.1. The lowest BCUT2D eigenvalue weighted by molar-refractivity contribution is -0.122. The summed E-state index contributed by atoms with van der Waals surface area (Å²) in [5, 5.41) is 5.66. The fourth-order valence-corrected chi connectivity index (χ4v) is 3.11. The fourth-order valence-electron chi connectivity index (χ4n) is 1.73. The highest BCUT2D eigenvalue weighted by Crippen LogP contribution is 2.34. The summed E-state index contributed by atoms with van der Waals surface area (Å²) in [6.45, 7) is 6.95. The van der Waals surface area contributed by atoms with Gasteiger partial charge in [-0.2, -0.15) is 0 Å². The second kappa shape index (κ2) is 8.74. The topological polar surface area (TPSA) is 93.7 Å². The van der Waals surface area contributed by atoms with Crippen molar-refractivity contribution >= 4 is 51.5 Å². The fraction of sp³-hybridized carbons (Fsp3) is 0.467. The van der Waals surface area contributed by atoms with Crippen molar-refractivity contribution in [3.8, 4) is 0 Å². The molecule has 9 heteroatoms. The molecule has 1 aromatic rings. The van der Waals surface area contributed by atoms with Crippen LogP contribution >= 0.6 is 23.6 Å². The lowest BCUT2D eigenvalue weighted by atomic mass is 10.1. The van der Waals surface area contributed by atoms with E-state index in [1.54, 1.807) is 27.7 Å². The number of carbonyl (C=O) groups excluding carboxylic acids is 3. The summed E-state index contributed by atoms with van der Waals surface area (Å²) in [6.07, 6.45) is 0. The van der Waals surface area contributed by atoms with Crippen LogP contribution in [0.5, 0.6) is 0 Å². The molecule has 0 spiro atoms. The lowest BCUT2D eigenvalue weighted by Crippen LogP contribution is -2.36. The second-order valence-corrected chi connectivity index (χ2v) is 6.50. The lowest BCUT2D eigenvalue weighted by Gasteiger charge is -2.11. The molecule has 7 nitrogen and oxygen atoms in total. The number of rotatable bonds is 5. The van der Waals surface area contributed by atoms with Gasteiger partial charge in [0.25, 0.3) is 0 Å². The molecule has 1 amide bonds. The number of esters is 2. The number of amides is 1. The number of ether oxygens (including phenoxy) is 2. The van der Waals surface area contributed by atoms with Gasteiger partial charge < -0.3 is 20.1 Å². The van der Waals surface area contributed by atoms with Crippen LogP contribution in [0.3, 0.4) is 0 Å². The van der Waals surface area contributed by atoms with E-state index in [4.69, 9.17) is 21.7 Å². The Morgan fingerprint density at radius 1 is 1.25 bits per heavy atom. The molecule has 0 bridgehead atoms. The minimum atomic E-state index is -0.582. The van der Waals surface area contributed by atoms with Crippen LogP contribution in [0, 0.1) is 12.8 Å². The average molecular weight is 372 g/mol. The minimum Gasteiger partial charge on any atom is -0.465 e. The minimum absolute atomic E-state index is 0.0388. The van der Waals surface area contributed by atoms with Gasteiger partial charge in [-0.25, -0.2) is 9.59 Å². The van der Waals surface area contributed by atoms with Crippen LogP contribution in [-0.4, -0.2) is 36.7 Å². The van der Waals surface area contributed by atoms with Gasteiger partial charge in [0, 0.05) is 5.92 Å². The first-order valence-corrected chi connectivity index (χ1v) is 8.46. The van der Waals surface area contributed by atoms with Crippen molar-refractivity contribution in [3.63, 3.8) is 0 Å². The molecule has 132 valence electrons. The van der Waals surface area contributed by atoms with E-state index in [1.165, 1.54) is 7.11 Å². The third kappa shape index (κ3) is 4.75. The van der Waals surface area contributed by atoms with E-state index in [1.807, 2.05) is 0 Å². The average Bonchev–Trinajstić information content (AvgIpc) is 2.82. The number of thiocarbonyl (C=S) groups is 1. The van der Waals surface area contributed by atoms with Crippen LogP contribution in [0.4, 0.5) is 5.00 Å². The normalized spacial score (nSPS) is 10.2. The van der Waals surface area contributed by atoms with Gasteiger partial charge in [-0.1, -0.05) is 13.8 Å². The van der Waals surface area contributed by atoms with Crippen molar-refractivity contribution in [1.29, 1.82) is 0 Å². The maximum atomic E-state index is 12.2. The first kappa shape index (κ1) is 20.0. The van der Waals surface area contributed by atoms with Gasteiger partial charge in [0.1, 0.15) is 9.88 Å². The van der Waals surface area contributed by atoms with Gasteiger partial charge in [-0.05, 0) is 31.6 Å². The van der Waals surface area contributed by atoms with Crippen LogP contribution in [0.25, 0.3) is 0 Å². The molecule has 0 aromatic carbocycles. The van der Waals surface area contributed by atoms with Crippen LogP contribution < -0.4 is 10.6 Å². The molecule has 1 rings (SSSR count). The Kier molecular flexibility index (Phi) is 7.30. The van der Waals surface area contributed by atoms with Crippen molar-refractivity contribution < 1.29 is 23.9 Å². The molecule has 0 aliphatic carbocycles. The Hall–Kier alpha value is -2.00. The van der Waals surface area contributed by atoms with Crippen molar-refractivity contribution in [2.75, 3.05) is 19.0 Å². The van der Waals surface area contributed by atoms with Crippen LogP contribution in [0.1, 0.15) is 46.4 Å². The van der Waals surface area contributed by atoms with E-state index in [9.17, 15) is 14.4 Å². The third-order valence-corrected chi connectivity index (χ3v) is 4.38. The molecule has 1 aromatic heterocycles. The largest absolute Gasteiger partial charge is 0.465 e. The Morgan fingerprint density at radius 2 is 1.88 bits per heavy atom. The first-order valence-electron chi connectivity index (χ1n) is 7.23. The zero-order valence-electron chi connectivity index (χ0n) is 14.1. The zero-order valence-corrected chi connectivity index (χ0v) is 15.8. The smallest absolute Gasteiger partial charge is 0.348 e. The molecule has 2 N–H and O–H groups in total. The highest BCUT2D eigenvalue weighted by Gasteiger charge is 2.26. The summed E-state index contributed by atoms with van der Waals surface area (Å²) >= 11 is 6.10. The van der Waals surface area contributed by atoms with E-state index in [-0.39, 0.29) is 34.0 Å². The molecular weight excluding hydrogens is 352 g/mol. The number of nitrogens with one attached hydrogen (secondary N) is 2. The van der Waals surface area contributed by atoms with Gasteiger partial charge in [-0.15, -0.1) is 11.3 Å². The summed E-state index contributed by atoms with van der Waals surface area (Å²) in [5.41, 5.74) is 0.634. The van der Waals surface area contributed by atoms with Gasteiger partial charge >= 0.3 is 11.9 Å². The number of thiophene rings is 1. The molecule has 1 heterocycles. The van der Waals surface area contributed by atoms with E-state index in [0.29, 0.717) is 10.6 Å². The number of carbonyl (C=O) groups is 3. The molecule has 0 radical (unpaired) electrons. The summed E-state index contributed by atoms with van der Waals surface area (Å²) in [5.74, 6) is -1.65. The molecule has 0 saturated heterocycles. The number of methoxy groups -OCH3 is 1. The predicted octanol–water partition coefficient (Wildman–Crippen LogP) is 2.49. The molecule has 0 atom stereocenters. The van der Waals surface area contributed by atoms with Crippen LogP contribution in [0.15, 0.2) is 0 Å². The SMILES string of the molecule is CCOC(=O)c1c(NC(=S)NC(=O)C(C)C)sc(C(=O)OC)c1C. The van der Waals surface area contributed by atoms with Gasteiger partial charge in [0.05, 0.1) is 19.3 Å². The molecule has 0 aliphatic heterocycles. The molecule has 24 heavy (non-hydrogen) atoms. The highest BCUT2D eigenvalue weighted by molar-refractivity contribution is 7.80. The van der Waals surface area contributed by atoms with Crippen LogP contribution in [0.2, 0.25) is 0 Å². The number of hydrogen-bond donors (Lipinski definition) is 2. The maximum absolute atomic E-state index is 12.2. The maximum Gasteiger partial charge on any atom is 0.348 e. The summed E-state index contributed by atoms with van der Waals surface area (Å²) in [4.78, 5) is 36.0. The quantitative estimate of drug-likeness (QED) is 0.606. The van der Waals surface area contributed by atoms with Gasteiger partial charge in [0.15, 0.2) is 5.11 Å². The summed E-state index contributed by atoms with van der Waals surface area (Å²) in [6, 6.07) is 0. The number of anilines is 1. The summed E-state index contributed by atoms with van der Waals surface area (Å²) in [7, 11) is 1.26. The van der Waals surface area contributed by atoms with E-state index >= 15 is 0 Å². The van der Waals surface area contributed by atoms with E-state index < -0.39 is 11.9 Å². The Morgan fingerprint density at radius 3 is 2.38 bits per heavy atom. The monoisotopic (exact) mass is 372 g/mol. The Bertz CT molecular complexity index is 667. The summed E-state index contributed by atoms with van der Waals surface area (Å²) < 4.78 is 9.74. The van der Waals surface area contributed by atoms with E-state index in [2.05, 4.69) is 10.6 Å². The van der Waals surface area contributed by atoms with Crippen molar-refractivity contribution in [1.82, 2.24) is 5.32 Å². The van der Waals surface area contributed by atoms with Gasteiger partial charge in [0.2, 0.25) is 5.91 Å². The second-order valence-electron chi connectivity index (χ2n) is 5.07. The first-order chi connectivity index (χ1) is 11.2. The third-order valence-electron chi connectivity index (χ3n) is 2.99. The Labute approximate surface area is 149 Å². The van der Waals surface area contributed by atoms with Gasteiger partial charge in [-0.3, -0.25) is 4.79 Å². The standard InChI is InChI=1S/C15H20N2O5S2/c1-6-22-13(19)9-8(4)10(14(20)21-5)24-12(9)17-15(23)16-11(18)7(2)3/h7H,6H2,1-5H3,(H2,16,17,18,23). The number of hydrogen-bond acceptors (Lipinski definition) is 7. The van der Waals surface area contributed by atoms with Crippen molar-refractivity contribution in [2.24, 2.45) is 5.92 Å².